The van der Waals surface area contributed by atoms with Crippen LogP contribution >= 0.6 is 11.3 Å². The Bertz CT molecular complexity index is 762. The highest BCUT2D eigenvalue weighted by Gasteiger charge is 2.21. The fourth-order valence-corrected chi connectivity index (χ4v) is 3.73. The van der Waals surface area contributed by atoms with Gasteiger partial charge in [-0.15, -0.1) is 11.3 Å². The van der Waals surface area contributed by atoms with E-state index in [9.17, 15) is 13.2 Å². The molecule has 0 atom stereocenters. The number of anilines is 1. The van der Waals surface area contributed by atoms with Crippen LogP contribution in [-0.2, 0) is 10.0 Å². The summed E-state index contributed by atoms with van der Waals surface area (Å²) in [6, 6.07) is 5.83. The number of sulfonamides is 1. The van der Waals surface area contributed by atoms with Crippen LogP contribution in [0.4, 0.5) is 5.69 Å². The first-order chi connectivity index (χ1) is 9.85. The standard InChI is InChI=1S/C13H13NO5S2/c1-8-7-20-12(13(15)16)11(8)14-21(17,18)10-5-3-9(19-2)4-6-10/h3-7,14H,1-2H3,(H,15,16). The van der Waals surface area contributed by atoms with Crippen molar-refractivity contribution >= 4 is 33.0 Å². The average molecular weight is 327 g/mol. The van der Waals surface area contributed by atoms with Gasteiger partial charge >= 0.3 is 5.97 Å². The van der Waals surface area contributed by atoms with Crippen LogP contribution in [0.5, 0.6) is 5.75 Å². The van der Waals surface area contributed by atoms with Crippen LogP contribution in [-0.4, -0.2) is 26.6 Å². The minimum absolute atomic E-state index is 0.0326. The first kappa shape index (κ1) is 15.3. The number of carboxylic acid groups (broad SMARTS) is 1. The molecule has 0 saturated heterocycles. The zero-order valence-electron chi connectivity index (χ0n) is 11.3. The molecule has 21 heavy (non-hydrogen) atoms. The Kier molecular flexibility index (Phi) is 4.19. The molecular weight excluding hydrogens is 314 g/mol. The van der Waals surface area contributed by atoms with Gasteiger partial charge in [0.25, 0.3) is 10.0 Å². The topological polar surface area (TPSA) is 92.7 Å². The van der Waals surface area contributed by atoms with Crippen LogP contribution in [0.2, 0.25) is 0 Å². The van der Waals surface area contributed by atoms with E-state index in [1.807, 2.05) is 0 Å². The summed E-state index contributed by atoms with van der Waals surface area (Å²) in [6.45, 7) is 1.65. The van der Waals surface area contributed by atoms with Gasteiger partial charge in [-0.05, 0) is 42.1 Å². The van der Waals surface area contributed by atoms with Crippen molar-refractivity contribution in [1.29, 1.82) is 0 Å². The third-order valence-corrected chi connectivity index (χ3v) is 5.23. The lowest BCUT2D eigenvalue weighted by atomic mass is 10.3. The van der Waals surface area contributed by atoms with Crippen molar-refractivity contribution in [2.24, 2.45) is 0 Å². The molecule has 0 unspecified atom stereocenters. The largest absolute Gasteiger partial charge is 0.497 e. The van der Waals surface area contributed by atoms with Crippen molar-refractivity contribution in [1.82, 2.24) is 0 Å². The molecule has 1 heterocycles. The predicted octanol–water partition coefficient (Wildman–Crippen LogP) is 2.56. The molecule has 0 radical (unpaired) electrons. The van der Waals surface area contributed by atoms with Crippen LogP contribution < -0.4 is 9.46 Å². The number of hydrogen-bond acceptors (Lipinski definition) is 5. The van der Waals surface area contributed by atoms with E-state index >= 15 is 0 Å². The van der Waals surface area contributed by atoms with Gasteiger partial charge in [-0.25, -0.2) is 13.2 Å². The molecule has 0 amide bonds. The van der Waals surface area contributed by atoms with E-state index in [0.717, 1.165) is 11.3 Å². The lowest BCUT2D eigenvalue weighted by molar-refractivity contribution is 0.0703. The number of rotatable bonds is 5. The molecule has 8 heteroatoms. The second kappa shape index (κ2) is 5.74. The van der Waals surface area contributed by atoms with Crippen LogP contribution in [0.25, 0.3) is 0 Å². The second-order valence-corrected chi connectivity index (χ2v) is 6.77. The number of methoxy groups -OCH3 is 1. The number of aromatic carboxylic acids is 1. The Balaban J connectivity index is 2.37. The van der Waals surface area contributed by atoms with Crippen molar-refractivity contribution in [2.45, 2.75) is 11.8 Å². The molecule has 1 aromatic heterocycles. The maximum absolute atomic E-state index is 12.3. The van der Waals surface area contributed by atoms with Crippen LogP contribution in [0.3, 0.4) is 0 Å². The molecule has 0 bridgehead atoms. The molecule has 0 aliphatic rings. The monoisotopic (exact) mass is 327 g/mol. The number of hydrogen-bond donors (Lipinski definition) is 2. The molecule has 0 fully saturated rings. The van der Waals surface area contributed by atoms with Gasteiger partial charge in [-0.1, -0.05) is 0 Å². The molecule has 1 aromatic carbocycles. The molecule has 0 aliphatic heterocycles. The summed E-state index contributed by atoms with van der Waals surface area (Å²) in [7, 11) is -2.37. The Morgan fingerprint density at radius 3 is 2.43 bits per heavy atom. The summed E-state index contributed by atoms with van der Waals surface area (Å²) >= 11 is 0.980. The summed E-state index contributed by atoms with van der Waals surface area (Å²) < 4.78 is 31.9. The van der Waals surface area contributed by atoms with Crippen LogP contribution in [0, 0.1) is 6.92 Å². The first-order valence-electron chi connectivity index (χ1n) is 5.83. The highest BCUT2D eigenvalue weighted by molar-refractivity contribution is 7.92. The van der Waals surface area contributed by atoms with E-state index in [1.54, 1.807) is 12.3 Å². The molecule has 0 spiro atoms. The van der Waals surface area contributed by atoms with Gasteiger partial charge < -0.3 is 9.84 Å². The average Bonchev–Trinajstić information content (AvgIpc) is 2.80. The summed E-state index contributed by atoms with van der Waals surface area (Å²) in [5, 5.41) is 10.7. The lowest BCUT2D eigenvalue weighted by Gasteiger charge is -2.09. The SMILES string of the molecule is COc1ccc(S(=O)(=O)Nc2c(C)csc2C(=O)O)cc1. The van der Waals surface area contributed by atoms with Crippen molar-refractivity contribution in [3.8, 4) is 5.75 Å². The van der Waals surface area contributed by atoms with E-state index in [0.29, 0.717) is 11.3 Å². The van der Waals surface area contributed by atoms with Gasteiger partial charge in [0.15, 0.2) is 0 Å². The van der Waals surface area contributed by atoms with Gasteiger partial charge in [0.2, 0.25) is 0 Å². The third kappa shape index (κ3) is 3.17. The molecule has 2 N–H and O–H groups in total. The van der Waals surface area contributed by atoms with Crippen molar-refractivity contribution in [3.05, 3.63) is 40.1 Å². The van der Waals surface area contributed by atoms with E-state index in [2.05, 4.69) is 4.72 Å². The number of aryl methyl sites for hydroxylation is 1. The van der Waals surface area contributed by atoms with Crippen LogP contribution in [0.15, 0.2) is 34.5 Å². The fourth-order valence-electron chi connectivity index (χ4n) is 1.68. The van der Waals surface area contributed by atoms with Crippen molar-refractivity contribution in [3.63, 3.8) is 0 Å². The van der Waals surface area contributed by atoms with Gasteiger partial charge in [0.1, 0.15) is 10.6 Å². The van der Waals surface area contributed by atoms with Crippen LogP contribution in [0.1, 0.15) is 15.2 Å². The molecule has 2 aromatic rings. The minimum Gasteiger partial charge on any atom is -0.497 e. The Morgan fingerprint density at radius 1 is 1.29 bits per heavy atom. The predicted molar refractivity (Wildman–Crippen MR) is 79.8 cm³/mol. The highest BCUT2D eigenvalue weighted by atomic mass is 32.2. The fraction of sp³-hybridized carbons (Fsp3) is 0.154. The van der Waals surface area contributed by atoms with Gasteiger partial charge in [0, 0.05) is 0 Å². The summed E-state index contributed by atoms with van der Waals surface area (Å²) in [5.74, 6) is -0.632. The molecule has 0 saturated carbocycles. The third-order valence-electron chi connectivity index (χ3n) is 2.78. The van der Waals surface area contributed by atoms with E-state index in [4.69, 9.17) is 9.84 Å². The van der Waals surface area contributed by atoms with Crippen molar-refractivity contribution < 1.29 is 23.1 Å². The smallest absolute Gasteiger partial charge is 0.348 e. The number of thiophene rings is 1. The summed E-state index contributed by atoms with van der Waals surface area (Å²) in [5.41, 5.74) is 0.665. The summed E-state index contributed by atoms with van der Waals surface area (Å²) in [4.78, 5) is 11.1. The molecule has 112 valence electrons. The first-order valence-corrected chi connectivity index (χ1v) is 8.19. The Morgan fingerprint density at radius 2 is 1.90 bits per heavy atom. The number of ether oxygens (including phenoxy) is 1. The van der Waals surface area contributed by atoms with Gasteiger partial charge in [0.05, 0.1) is 17.7 Å². The normalized spacial score (nSPS) is 11.1. The van der Waals surface area contributed by atoms with E-state index in [1.165, 1.54) is 31.4 Å². The lowest BCUT2D eigenvalue weighted by Crippen LogP contribution is -2.15. The zero-order chi connectivity index (χ0) is 15.6. The van der Waals surface area contributed by atoms with E-state index in [-0.39, 0.29) is 15.5 Å². The summed E-state index contributed by atoms with van der Waals surface area (Å²) in [6.07, 6.45) is 0. The quantitative estimate of drug-likeness (QED) is 0.880. The Labute approximate surface area is 126 Å². The molecule has 6 nitrogen and oxygen atoms in total. The zero-order valence-corrected chi connectivity index (χ0v) is 12.9. The number of carbonyl (C=O) groups is 1. The number of nitrogens with one attached hydrogen (secondary N) is 1. The molecular formula is C13H13NO5S2. The second-order valence-electron chi connectivity index (χ2n) is 4.21. The molecule has 2 rings (SSSR count). The maximum atomic E-state index is 12.3. The van der Waals surface area contributed by atoms with Gasteiger partial charge in [-0.3, -0.25) is 4.72 Å². The highest BCUT2D eigenvalue weighted by Crippen LogP contribution is 2.30. The van der Waals surface area contributed by atoms with E-state index < -0.39 is 16.0 Å². The molecule has 0 aliphatic carbocycles. The number of carboxylic acids is 1. The Hall–Kier alpha value is -2.06. The van der Waals surface area contributed by atoms with Crippen molar-refractivity contribution in [2.75, 3.05) is 11.8 Å². The maximum Gasteiger partial charge on any atom is 0.348 e. The van der Waals surface area contributed by atoms with Gasteiger partial charge in [-0.2, -0.15) is 0 Å². The minimum atomic E-state index is -3.85. The number of benzene rings is 1.